The van der Waals surface area contributed by atoms with E-state index in [0.717, 1.165) is 17.7 Å². The fourth-order valence-corrected chi connectivity index (χ4v) is 5.18. The minimum Gasteiger partial charge on any atom is -0.379 e. The Kier molecular flexibility index (Phi) is 10.2. The summed E-state index contributed by atoms with van der Waals surface area (Å²) in [5, 5.41) is 2.77. The lowest BCUT2D eigenvalue weighted by Crippen LogP contribution is -2.39. The Morgan fingerprint density at radius 2 is 1.94 bits per heavy atom. The molecule has 10 nitrogen and oxygen atoms in total. The summed E-state index contributed by atoms with van der Waals surface area (Å²) in [5.74, 6) is -4.31. The normalized spacial score (nSPS) is 14.8. The second-order valence-electron chi connectivity index (χ2n) is 7.51. The Labute approximate surface area is 225 Å². The molecule has 198 valence electrons. The highest BCUT2D eigenvalue weighted by molar-refractivity contribution is 14.1. The van der Waals surface area contributed by atoms with E-state index in [1.165, 1.54) is 6.07 Å². The molecule has 0 spiro atoms. The molecule has 15 heteroatoms. The van der Waals surface area contributed by atoms with Gasteiger partial charge in [0.1, 0.15) is 4.90 Å². The third-order valence-electron chi connectivity index (χ3n) is 5.26. The first-order valence-electron chi connectivity index (χ1n) is 10.6. The van der Waals surface area contributed by atoms with Crippen LogP contribution >= 0.6 is 34.2 Å². The monoisotopic (exact) mass is 660 g/mol. The molecule has 0 atom stereocenters. The Bertz CT molecular complexity index is 1220. The highest BCUT2D eigenvalue weighted by atomic mass is 127. The van der Waals surface area contributed by atoms with E-state index in [9.17, 15) is 17.6 Å². The molecule has 1 fully saturated rings. The quantitative estimate of drug-likeness (QED) is 0.228. The third-order valence-corrected chi connectivity index (χ3v) is 7.92. The van der Waals surface area contributed by atoms with Crippen LogP contribution in [0.25, 0.3) is 0 Å². The van der Waals surface area contributed by atoms with Gasteiger partial charge in [-0.05, 0) is 46.9 Å². The van der Waals surface area contributed by atoms with Crippen LogP contribution in [0.15, 0.2) is 29.2 Å². The van der Waals surface area contributed by atoms with Crippen LogP contribution in [0.1, 0.15) is 10.4 Å². The van der Waals surface area contributed by atoms with Gasteiger partial charge in [-0.15, -0.1) is 0 Å². The van der Waals surface area contributed by atoms with Crippen molar-refractivity contribution in [3.05, 3.63) is 50.1 Å². The number of carbonyl (C=O) groups is 1. The second kappa shape index (κ2) is 12.7. The molecule has 1 aliphatic heterocycles. The highest BCUT2D eigenvalue weighted by Gasteiger charge is 2.32. The van der Waals surface area contributed by atoms with Gasteiger partial charge < -0.3 is 10.1 Å². The van der Waals surface area contributed by atoms with Crippen molar-refractivity contribution < 1.29 is 36.4 Å². The van der Waals surface area contributed by atoms with E-state index in [2.05, 4.69) is 20.5 Å². The number of ether oxygens (including phenoxy) is 1. The number of hydrogen-bond donors (Lipinski definition) is 2. The molecule has 2 aromatic rings. The van der Waals surface area contributed by atoms with Gasteiger partial charge in [-0.1, -0.05) is 16.1 Å². The van der Waals surface area contributed by atoms with Crippen LogP contribution in [-0.2, 0) is 24.4 Å². The molecule has 1 aliphatic rings. The smallest absolute Gasteiger partial charge is 0.277 e. The molecular formula is C21H24ClF2IN4O6S. The number of halogens is 4. The molecule has 2 N–H and O–H groups in total. The van der Waals surface area contributed by atoms with Gasteiger partial charge in [0.25, 0.3) is 15.9 Å². The van der Waals surface area contributed by atoms with E-state index in [1.807, 2.05) is 22.6 Å². The van der Waals surface area contributed by atoms with Crippen LogP contribution in [0, 0.1) is 15.2 Å². The van der Waals surface area contributed by atoms with Gasteiger partial charge in [0.15, 0.2) is 11.6 Å². The number of carbonyl (C=O) groups excluding carboxylic acids is 1. The van der Waals surface area contributed by atoms with Crippen molar-refractivity contribution >= 4 is 61.5 Å². The van der Waals surface area contributed by atoms with Crippen LogP contribution < -0.4 is 10.8 Å². The molecule has 36 heavy (non-hydrogen) atoms. The summed E-state index contributed by atoms with van der Waals surface area (Å²) in [6, 6.07) is 5.43. The average Bonchev–Trinajstić information content (AvgIpc) is 2.85. The number of hydrogen-bond acceptors (Lipinski definition) is 8. The fourth-order valence-electron chi connectivity index (χ4n) is 3.22. The number of sulfonamides is 1. The van der Waals surface area contributed by atoms with E-state index >= 15 is 4.39 Å². The molecule has 0 bridgehead atoms. The lowest BCUT2D eigenvalue weighted by molar-refractivity contribution is -0.0260. The Morgan fingerprint density at radius 3 is 2.58 bits per heavy atom. The molecule has 1 heterocycles. The number of amides is 1. The number of nitrogens with one attached hydrogen (secondary N) is 2. The number of morpholine rings is 1. The zero-order chi connectivity index (χ0) is 26.5. The first kappa shape index (κ1) is 28.9. The minimum atomic E-state index is -4.64. The summed E-state index contributed by atoms with van der Waals surface area (Å²) in [5.41, 5.74) is 1.17. The van der Waals surface area contributed by atoms with Gasteiger partial charge in [-0.2, -0.15) is 0 Å². The van der Waals surface area contributed by atoms with Gasteiger partial charge >= 0.3 is 0 Å². The van der Waals surface area contributed by atoms with E-state index in [0.29, 0.717) is 43.4 Å². The number of nitrogens with zero attached hydrogens (tertiary/aromatic N) is 2. The summed E-state index contributed by atoms with van der Waals surface area (Å²) in [6.45, 7) is 3.18. The van der Waals surface area contributed by atoms with Gasteiger partial charge in [0.05, 0.1) is 48.9 Å². The maximum absolute atomic E-state index is 15.3. The lowest BCUT2D eigenvalue weighted by atomic mass is 10.1. The molecule has 0 aromatic heterocycles. The number of benzene rings is 2. The molecule has 0 aliphatic carbocycles. The summed E-state index contributed by atoms with van der Waals surface area (Å²) < 4.78 is 62.0. The van der Waals surface area contributed by atoms with Crippen LogP contribution in [0.3, 0.4) is 0 Å². The van der Waals surface area contributed by atoms with Gasteiger partial charge in [-0.25, -0.2) is 22.7 Å². The van der Waals surface area contributed by atoms with Gasteiger partial charge in [0, 0.05) is 30.3 Å². The molecular weight excluding hydrogens is 637 g/mol. The zero-order valence-electron chi connectivity index (χ0n) is 19.3. The molecule has 2 aromatic carbocycles. The largest absolute Gasteiger partial charge is 0.379 e. The average molecular weight is 661 g/mol. The van der Waals surface area contributed by atoms with E-state index in [4.69, 9.17) is 21.2 Å². The van der Waals surface area contributed by atoms with Crippen LogP contribution in [0.2, 0.25) is 5.02 Å². The standard InChI is InChI=1S/C21H24ClF2IN4O6S/c1-28(33-2)36(31,32)17-12-14(21(30)27-35-10-7-29-5-8-34-9-6-29)20(19(24)18(17)23)26-16-4-3-13(25)11-15(16)22/h3-4,11-12,26H,5-10H2,1-2H3,(H,27,30). The number of anilines is 2. The van der Waals surface area contributed by atoms with Crippen LogP contribution in [0.4, 0.5) is 20.2 Å². The Morgan fingerprint density at radius 1 is 1.25 bits per heavy atom. The topological polar surface area (TPSA) is 109 Å². The molecule has 0 saturated carbocycles. The third kappa shape index (κ3) is 6.80. The van der Waals surface area contributed by atoms with Gasteiger partial charge in [-0.3, -0.25) is 19.4 Å². The van der Waals surface area contributed by atoms with Crippen LogP contribution in [-0.4, -0.2) is 77.3 Å². The van der Waals surface area contributed by atoms with E-state index in [-0.39, 0.29) is 17.3 Å². The van der Waals surface area contributed by atoms with Gasteiger partial charge in [0.2, 0.25) is 0 Å². The first-order valence-corrected chi connectivity index (χ1v) is 13.4. The SMILES string of the molecule is CON(C)S(=O)(=O)c1cc(C(=O)NOCCN2CCOCC2)c(Nc2ccc(I)cc2Cl)c(F)c1F. The summed E-state index contributed by atoms with van der Waals surface area (Å²) in [6.07, 6.45) is 0. The number of hydroxylamine groups is 2. The van der Waals surface area contributed by atoms with Crippen LogP contribution in [0.5, 0.6) is 0 Å². The lowest BCUT2D eigenvalue weighted by Gasteiger charge is -2.26. The molecule has 1 saturated heterocycles. The molecule has 0 radical (unpaired) electrons. The van der Waals surface area contributed by atoms with Crippen molar-refractivity contribution in [1.29, 1.82) is 0 Å². The maximum Gasteiger partial charge on any atom is 0.277 e. The predicted octanol–water partition coefficient (Wildman–Crippen LogP) is 3.14. The second-order valence-corrected chi connectivity index (χ2v) is 11.1. The van der Waals surface area contributed by atoms with Crippen molar-refractivity contribution in [2.45, 2.75) is 4.90 Å². The van der Waals surface area contributed by atoms with E-state index < -0.39 is 43.7 Å². The molecule has 3 rings (SSSR count). The Hall–Kier alpha value is -1.66. The van der Waals surface area contributed by atoms with Crippen molar-refractivity contribution in [3.8, 4) is 0 Å². The highest BCUT2D eigenvalue weighted by Crippen LogP contribution is 2.34. The fraction of sp³-hybridized carbons (Fsp3) is 0.381. The summed E-state index contributed by atoms with van der Waals surface area (Å²) in [4.78, 5) is 23.8. The molecule has 1 amide bonds. The van der Waals surface area contributed by atoms with Crippen molar-refractivity contribution in [2.24, 2.45) is 0 Å². The zero-order valence-corrected chi connectivity index (χ0v) is 23.0. The minimum absolute atomic E-state index is 0.0959. The number of rotatable bonds is 10. The predicted molar refractivity (Wildman–Crippen MR) is 136 cm³/mol. The summed E-state index contributed by atoms with van der Waals surface area (Å²) in [7, 11) is -2.60. The van der Waals surface area contributed by atoms with Crippen molar-refractivity contribution in [2.75, 3.05) is 58.9 Å². The Balaban J connectivity index is 1.93. The first-order chi connectivity index (χ1) is 17.1. The summed E-state index contributed by atoms with van der Waals surface area (Å²) >= 11 is 8.22. The van der Waals surface area contributed by atoms with Crippen molar-refractivity contribution in [1.82, 2.24) is 14.8 Å². The maximum atomic E-state index is 15.3. The molecule has 0 unspecified atom stereocenters. The van der Waals surface area contributed by atoms with E-state index in [1.54, 1.807) is 12.1 Å². The van der Waals surface area contributed by atoms with Crippen molar-refractivity contribution in [3.63, 3.8) is 0 Å².